The number of carbonyl (C=O) groups excluding carboxylic acids is 1. The van der Waals surface area contributed by atoms with Crippen molar-refractivity contribution in [2.45, 2.75) is 18.9 Å². The summed E-state index contributed by atoms with van der Waals surface area (Å²) in [7, 11) is 1.81. The highest BCUT2D eigenvalue weighted by atomic mass is 32.1. The largest absolute Gasteiger partial charge is 0.478 e. The Labute approximate surface area is 211 Å². The molecule has 7 nitrogen and oxygen atoms in total. The molecule has 1 atom stereocenters. The first-order chi connectivity index (χ1) is 17.4. The third kappa shape index (κ3) is 4.57. The molecule has 0 saturated heterocycles. The van der Waals surface area contributed by atoms with E-state index in [4.69, 9.17) is 0 Å². The van der Waals surface area contributed by atoms with Crippen LogP contribution in [0.3, 0.4) is 0 Å². The number of carbonyl (C=O) groups is 2. The van der Waals surface area contributed by atoms with Gasteiger partial charge in [-0.2, -0.15) is 0 Å². The Bertz CT molecular complexity index is 1390. The van der Waals surface area contributed by atoms with E-state index in [-0.39, 0.29) is 17.3 Å². The maximum Gasteiger partial charge on any atom is 0.336 e. The van der Waals surface area contributed by atoms with E-state index in [1.54, 1.807) is 41.0 Å². The maximum atomic E-state index is 14.1. The molecule has 1 amide bonds. The highest BCUT2D eigenvalue weighted by Crippen LogP contribution is 2.37. The van der Waals surface area contributed by atoms with E-state index in [0.717, 1.165) is 11.1 Å². The average Bonchev–Trinajstić information content (AvgIpc) is 3.58. The number of aromatic nitrogens is 2. The van der Waals surface area contributed by atoms with Crippen LogP contribution in [0.15, 0.2) is 71.8 Å². The van der Waals surface area contributed by atoms with Gasteiger partial charge in [0.2, 0.25) is 5.91 Å². The molecule has 1 unspecified atom stereocenters. The lowest BCUT2D eigenvalue weighted by Gasteiger charge is -2.31. The van der Waals surface area contributed by atoms with Crippen LogP contribution in [0.1, 0.15) is 21.5 Å². The lowest BCUT2D eigenvalue weighted by atomic mass is 9.97. The van der Waals surface area contributed by atoms with Crippen LogP contribution < -0.4 is 9.80 Å². The fourth-order valence-corrected chi connectivity index (χ4v) is 5.17. The van der Waals surface area contributed by atoms with Gasteiger partial charge in [0.15, 0.2) is 0 Å². The summed E-state index contributed by atoms with van der Waals surface area (Å²) in [6.07, 6.45) is 4.08. The highest BCUT2D eigenvalue weighted by molar-refractivity contribution is 7.07. The topological polar surface area (TPSA) is 86.6 Å². The second-order valence-electron chi connectivity index (χ2n) is 8.61. The van der Waals surface area contributed by atoms with E-state index in [0.29, 0.717) is 42.0 Å². The number of rotatable bonds is 7. The molecule has 4 aromatic rings. The average molecular weight is 503 g/mol. The molecule has 1 aliphatic heterocycles. The number of hydrogen-bond donors (Lipinski definition) is 1. The molecule has 0 saturated carbocycles. The smallest absolute Gasteiger partial charge is 0.336 e. The van der Waals surface area contributed by atoms with Crippen molar-refractivity contribution in [1.29, 1.82) is 0 Å². The number of anilines is 2. The molecule has 0 radical (unpaired) electrons. The van der Waals surface area contributed by atoms with E-state index in [1.807, 2.05) is 35.5 Å². The lowest BCUT2D eigenvalue weighted by molar-refractivity contribution is -0.119. The first kappa shape index (κ1) is 23.6. The first-order valence-corrected chi connectivity index (χ1v) is 12.3. The molecular formula is C27H23FN4O3S. The summed E-state index contributed by atoms with van der Waals surface area (Å²) >= 11 is 1.43. The number of pyridine rings is 1. The number of nitrogens with zero attached hydrogens (tertiary/aromatic N) is 4. The van der Waals surface area contributed by atoms with Gasteiger partial charge in [0.25, 0.3) is 0 Å². The Kier molecular flexibility index (Phi) is 6.47. The number of fused-ring (bicyclic) bond motifs is 1. The van der Waals surface area contributed by atoms with Gasteiger partial charge in [-0.3, -0.25) is 9.78 Å². The third-order valence-electron chi connectivity index (χ3n) is 6.49. The molecule has 2 aromatic carbocycles. The number of hydrogen-bond acceptors (Lipinski definition) is 6. The number of carboxylic acid groups (broad SMARTS) is 1. The minimum absolute atomic E-state index is 0.170. The van der Waals surface area contributed by atoms with E-state index < -0.39 is 12.0 Å². The number of likely N-dealkylation sites (N-methyl/N-ethyl adjacent to an activating group) is 1. The van der Waals surface area contributed by atoms with Crippen molar-refractivity contribution in [3.05, 3.63) is 94.3 Å². The Hall–Kier alpha value is -4.11. The van der Waals surface area contributed by atoms with Crippen LogP contribution in [0.25, 0.3) is 11.1 Å². The Morgan fingerprint density at radius 1 is 1.14 bits per heavy atom. The number of benzene rings is 2. The van der Waals surface area contributed by atoms with Gasteiger partial charge < -0.3 is 14.9 Å². The summed E-state index contributed by atoms with van der Waals surface area (Å²) in [5.41, 5.74) is 5.48. The molecule has 9 heteroatoms. The molecule has 0 aliphatic carbocycles. The quantitative estimate of drug-likeness (QED) is 0.395. The van der Waals surface area contributed by atoms with Gasteiger partial charge in [0.1, 0.15) is 17.7 Å². The predicted octanol–water partition coefficient (Wildman–Crippen LogP) is 4.68. The van der Waals surface area contributed by atoms with Crippen LogP contribution in [0, 0.1) is 5.82 Å². The van der Waals surface area contributed by atoms with Crippen molar-refractivity contribution in [1.82, 2.24) is 9.97 Å². The van der Waals surface area contributed by atoms with Gasteiger partial charge in [0.05, 0.1) is 11.1 Å². The predicted molar refractivity (Wildman–Crippen MR) is 137 cm³/mol. The van der Waals surface area contributed by atoms with Gasteiger partial charge in [-0.1, -0.05) is 12.1 Å². The fraction of sp³-hybridized carbons (Fsp3) is 0.185. The summed E-state index contributed by atoms with van der Waals surface area (Å²) in [5.74, 6) is -0.875. The highest BCUT2D eigenvalue weighted by Gasteiger charge is 2.35. The zero-order valence-corrected chi connectivity index (χ0v) is 20.3. The number of halogens is 1. The van der Waals surface area contributed by atoms with Crippen LogP contribution in [-0.2, 0) is 17.6 Å². The van der Waals surface area contributed by atoms with Crippen molar-refractivity contribution >= 4 is 34.7 Å². The number of thiazole rings is 1. The molecule has 3 heterocycles. The van der Waals surface area contributed by atoms with Crippen molar-refractivity contribution in [3.8, 4) is 11.1 Å². The summed E-state index contributed by atoms with van der Waals surface area (Å²) in [4.78, 5) is 38.1. The van der Waals surface area contributed by atoms with E-state index >= 15 is 0 Å². The van der Waals surface area contributed by atoms with Crippen LogP contribution in [0.4, 0.5) is 15.9 Å². The molecule has 1 aliphatic rings. The molecule has 0 fully saturated rings. The molecule has 2 aromatic heterocycles. The van der Waals surface area contributed by atoms with Gasteiger partial charge in [-0.15, -0.1) is 11.3 Å². The lowest BCUT2D eigenvalue weighted by Crippen LogP contribution is -2.48. The summed E-state index contributed by atoms with van der Waals surface area (Å²) in [5, 5.41) is 11.8. The normalized spacial score (nSPS) is 13.3. The molecule has 0 spiro atoms. The zero-order chi connectivity index (χ0) is 25.2. The van der Waals surface area contributed by atoms with Gasteiger partial charge >= 0.3 is 5.97 Å². The van der Waals surface area contributed by atoms with Gasteiger partial charge in [0, 0.05) is 43.5 Å². The first-order valence-electron chi connectivity index (χ1n) is 11.4. The molecule has 0 bridgehead atoms. The standard InChI is InChI=1S/C27H23FN4O3S/c1-31(25-15-36-16-30-25)24(12-17-2-4-20(28)5-3-17)26(33)32-11-8-21-22(27(34)35)13-19(14-23(21)32)18-6-9-29-10-7-18/h2-7,9-10,13-16,24H,8,11-12H2,1H3,(H,34,35). The summed E-state index contributed by atoms with van der Waals surface area (Å²) in [6.45, 7) is 0.374. The molecule has 36 heavy (non-hydrogen) atoms. The minimum atomic E-state index is -1.03. The SMILES string of the molecule is CN(c1cscn1)C(Cc1ccc(F)cc1)C(=O)N1CCc2c(C(=O)O)cc(-c3ccncc3)cc21. The van der Waals surface area contributed by atoms with Crippen LogP contribution in [0.2, 0.25) is 0 Å². The van der Waals surface area contributed by atoms with E-state index in [9.17, 15) is 19.1 Å². The Morgan fingerprint density at radius 3 is 2.56 bits per heavy atom. The van der Waals surface area contributed by atoms with Crippen LogP contribution in [0.5, 0.6) is 0 Å². The second-order valence-corrected chi connectivity index (χ2v) is 9.33. The van der Waals surface area contributed by atoms with E-state index in [2.05, 4.69) is 9.97 Å². The molecule has 5 rings (SSSR count). The number of amides is 1. The van der Waals surface area contributed by atoms with Crippen molar-refractivity contribution in [2.24, 2.45) is 0 Å². The Balaban J connectivity index is 1.55. The van der Waals surface area contributed by atoms with Gasteiger partial charge in [-0.05, 0) is 65.1 Å². The van der Waals surface area contributed by atoms with Crippen molar-refractivity contribution < 1.29 is 19.1 Å². The summed E-state index contributed by atoms with van der Waals surface area (Å²) in [6, 6.07) is 12.6. The van der Waals surface area contributed by atoms with Crippen LogP contribution in [-0.4, -0.2) is 46.6 Å². The van der Waals surface area contributed by atoms with Crippen molar-refractivity contribution in [3.63, 3.8) is 0 Å². The number of aromatic carboxylic acids is 1. The second kappa shape index (κ2) is 9.87. The number of carboxylic acids is 1. The molecule has 1 N–H and O–H groups in total. The minimum Gasteiger partial charge on any atom is -0.478 e. The third-order valence-corrected chi connectivity index (χ3v) is 7.06. The molecular weight excluding hydrogens is 479 g/mol. The van der Waals surface area contributed by atoms with E-state index in [1.165, 1.54) is 23.5 Å². The van der Waals surface area contributed by atoms with Crippen LogP contribution >= 0.6 is 11.3 Å². The molecule has 182 valence electrons. The zero-order valence-electron chi connectivity index (χ0n) is 19.5. The van der Waals surface area contributed by atoms with Gasteiger partial charge in [-0.25, -0.2) is 14.2 Å². The summed E-state index contributed by atoms with van der Waals surface area (Å²) < 4.78 is 13.5. The van der Waals surface area contributed by atoms with Crippen molar-refractivity contribution in [2.75, 3.05) is 23.4 Å². The fourth-order valence-electron chi connectivity index (χ4n) is 4.59. The monoisotopic (exact) mass is 502 g/mol. The Morgan fingerprint density at radius 2 is 1.89 bits per heavy atom. The maximum absolute atomic E-state index is 14.1.